The van der Waals surface area contributed by atoms with Crippen molar-refractivity contribution in [1.82, 2.24) is 0 Å². The molecular weight excluding hydrogens is 449 g/mol. The van der Waals surface area contributed by atoms with Gasteiger partial charge in [-0.3, -0.25) is 0 Å². The molecule has 0 aromatic rings. The molecule has 8 heteroatoms. The molecule has 146 valence electrons. The second-order valence-corrected chi connectivity index (χ2v) is 10.8. The number of hydrogen-bond donors (Lipinski definition) is 8. The zero-order chi connectivity index (χ0) is 18.5. The Morgan fingerprint density at radius 1 is 0.500 bits per heavy atom. The minimum atomic E-state index is 0.362. The first-order chi connectivity index (χ1) is 11.4. The maximum Gasteiger partial charge on any atom is 0.00610 e. The van der Waals surface area contributed by atoms with Crippen LogP contribution in [0.1, 0.15) is 38.5 Å². The van der Waals surface area contributed by atoms with E-state index in [1.165, 1.54) is 0 Å². The summed E-state index contributed by atoms with van der Waals surface area (Å²) in [6.07, 6.45) is 6.30. The molecule has 0 radical (unpaired) electrons. The zero-order valence-electron chi connectivity index (χ0n) is 14.1. The lowest BCUT2D eigenvalue weighted by atomic mass is 9.94. The van der Waals surface area contributed by atoms with Crippen molar-refractivity contribution in [3.8, 4) is 0 Å². The molecule has 24 heavy (non-hydrogen) atoms. The molecule has 0 aliphatic rings. The first kappa shape index (κ1) is 26.8. The van der Waals surface area contributed by atoms with Gasteiger partial charge in [0, 0.05) is 21.0 Å². The van der Waals surface area contributed by atoms with Crippen molar-refractivity contribution in [2.45, 2.75) is 59.5 Å². The Morgan fingerprint density at radius 3 is 1.08 bits per heavy atom. The highest BCUT2D eigenvalue weighted by Crippen LogP contribution is 2.29. The van der Waals surface area contributed by atoms with Crippen LogP contribution in [0.4, 0.5) is 0 Å². The summed E-state index contributed by atoms with van der Waals surface area (Å²) < 4.78 is 0. The molecule has 0 spiro atoms. The molecule has 6 atom stereocenters. The molecule has 0 N–H and O–H groups in total. The van der Waals surface area contributed by atoms with Gasteiger partial charge in [-0.2, -0.15) is 101 Å². The van der Waals surface area contributed by atoms with Crippen LogP contribution in [0, 0.1) is 11.8 Å². The number of hydrogen-bond acceptors (Lipinski definition) is 8. The monoisotopic (exact) mass is 482 g/mol. The fraction of sp³-hybridized carbons (Fsp3) is 1.00. The van der Waals surface area contributed by atoms with Gasteiger partial charge in [0.15, 0.2) is 0 Å². The summed E-state index contributed by atoms with van der Waals surface area (Å²) in [6.45, 7) is 0. The Balaban J connectivity index is 4.21. The van der Waals surface area contributed by atoms with Gasteiger partial charge in [-0.25, -0.2) is 0 Å². The molecular formula is C16H34S8. The third-order valence-electron chi connectivity index (χ3n) is 4.39. The van der Waals surface area contributed by atoms with Gasteiger partial charge in [-0.05, 0) is 73.4 Å². The Hall–Kier alpha value is 2.80. The van der Waals surface area contributed by atoms with E-state index in [1.54, 1.807) is 0 Å². The molecule has 0 fully saturated rings. The summed E-state index contributed by atoms with van der Waals surface area (Å²) in [5.41, 5.74) is 0. The van der Waals surface area contributed by atoms with E-state index < -0.39 is 0 Å². The normalized spacial score (nSPS) is 19.5. The number of thiol groups is 8. The Kier molecular flexibility index (Phi) is 18.7. The predicted molar refractivity (Wildman–Crippen MR) is 141 cm³/mol. The van der Waals surface area contributed by atoms with Crippen LogP contribution in [0.3, 0.4) is 0 Å². The maximum absolute atomic E-state index is 4.79. The number of rotatable bonds is 15. The fourth-order valence-electron chi connectivity index (χ4n) is 2.76. The smallest absolute Gasteiger partial charge is 0.00610 e. The van der Waals surface area contributed by atoms with Crippen LogP contribution < -0.4 is 0 Å². The van der Waals surface area contributed by atoms with Gasteiger partial charge in [0.05, 0.1) is 0 Å². The van der Waals surface area contributed by atoms with Gasteiger partial charge in [0.1, 0.15) is 0 Å². The van der Waals surface area contributed by atoms with Crippen LogP contribution >= 0.6 is 101 Å². The van der Waals surface area contributed by atoms with E-state index >= 15 is 0 Å². The molecule has 0 aromatic carbocycles. The van der Waals surface area contributed by atoms with E-state index in [9.17, 15) is 0 Å². The topological polar surface area (TPSA) is 0 Å². The predicted octanol–water partition coefficient (Wildman–Crippen LogP) is 5.47. The molecule has 0 saturated heterocycles. The summed E-state index contributed by atoms with van der Waals surface area (Å²) in [6, 6.07) is 0. The molecule has 0 amide bonds. The lowest BCUT2D eigenvalue weighted by Crippen LogP contribution is -2.23. The van der Waals surface area contributed by atoms with E-state index in [2.05, 4.69) is 50.5 Å². The van der Waals surface area contributed by atoms with Gasteiger partial charge < -0.3 is 0 Å². The average molecular weight is 483 g/mol. The molecule has 0 nitrogen and oxygen atoms in total. The van der Waals surface area contributed by atoms with Crippen molar-refractivity contribution in [3.05, 3.63) is 0 Å². The summed E-state index contributed by atoms with van der Waals surface area (Å²) in [5, 5.41) is 1.48. The van der Waals surface area contributed by atoms with E-state index in [4.69, 9.17) is 50.5 Å². The van der Waals surface area contributed by atoms with Crippen molar-refractivity contribution >= 4 is 101 Å². The van der Waals surface area contributed by atoms with Crippen LogP contribution in [0.5, 0.6) is 0 Å². The Labute approximate surface area is 193 Å². The van der Waals surface area contributed by atoms with Crippen molar-refractivity contribution < 1.29 is 0 Å². The maximum atomic E-state index is 4.79. The minimum Gasteiger partial charge on any atom is -0.179 e. The zero-order valence-corrected chi connectivity index (χ0v) is 21.3. The highest BCUT2D eigenvalue weighted by atomic mass is 32.1. The van der Waals surface area contributed by atoms with Crippen LogP contribution in [-0.2, 0) is 0 Å². The van der Waals surface area contributed by atoms with Gasteiger partial charge in [-0.15, -0.1) is 0 Å². The third-order valence-corrected chi connectivity index (χ3v) is 8.14. The van der Waals surface area contributed by atoms with Crippen LogP contribution in [0.25, 0.3) is 0 Å². The second kappa shape index (κ2) is 16.7. The van der Waals surface area contributed by atoms with Crippen LogP contribution in [0.2, 0.25) is 0 Å². The molecule has 0 bridgehead atoms. The van der Waals surface area contributed by atoms with Gasteiger partial charge >= 0.3 is 0 Å². The standard InChI is InChI=1S/C16H34S8/c17-5-3-15(23)11(9-19)7-13(21)1-2-14(22)8-12(10-20)16(24)4-6-18/h11-24H,1-10H2. The van der Waals surface area contributed by atoms with Gasteiger partial charge in [-0.1, -0.05) is 0 Å². The van der Waals surface area contributed by atoms with E-state index in [1.807, 2.05) is 0 Å². The lowest BCUT2D eigenvalue weighted by molar-refractivity contribution is 0.461. The summed E-state index contributed by atoms with van der Waals surface area (Å²) in [7, 11) is 0. The summed E-state index contributed by atoms with van der Waals surface area (Å²) in [5.74, 6) is 4.44. The fourth-order valence-corrected chi connectivity index (χ4v) is 6.42. The molecule has 0 aliphatic carbocycles. The first-order valence-corrected chi connectivity index (χ1v) is 13.1. The summed E-state index contributed by atoms with van der Waals surface area (Å²) >= 11 is 36.6. The lowest BCUT2D eigenvalue weighted by Gasteiger charge is -2.26. The van der Waals surface area contributed by atoms with E-state index in [0.29, 0.717) is 32.8 Å². The quantitative estimate of drug-likeness (QED) is 0.139. The van der Waals surface area contributed by atoms with Gasteiger partial charge in [0.25, 0.3) is 0 Å². The van der Waals surface area contributed by atoms with Crippen molar-refractivity contribution in [2.24, 2.45) is 11.8 Å². The van der Waals surface area contributed by atoms with E-state index in [-0.39, 0.29) is 0 Å². The molecule has 0 aromatic heterocycles. The highest BCUT2D eigenvalue weighted by Gasteiger charge is 2.22. The third kappa shape index (κ3) is 12.3. The Bertz CT molecular complexity index is 263. The van der Waals surface area contributed by atoms with Crippen molar-refractivity contribution in [1.29, 1.82) is 0 Å². The first-order valence-electron chi connectivity index (χ1n) is 8.55. The van der Waals surface area contributed by atoms with Crippen molar-refractivity contribution in [2.75, 3.05) is 23.0 Å². The molecule has 0 rings (SSSR count). The summed E-state index contributed by atoms with van der Waals surface area (Å²) in [4.78, 5) is 0. The van der Waals surface area contributed by atoms with Crippen LogP contribution in [0.15, 0.2) is 0 Å². The van der Waals surface area contributed by atoms with Crippen molar-refractivity contribution in [3.63, 3.8) is 0 Å². The molecule has 0 saturated carbocycles. The van der Waals surface area contributed by atoms with Crippen LogP contribution in [-0.4, -0.2) is 44.0 Å². The second-order valence-electron chi connectivity index (χ2n) is 6.40. The van der Waals surface area contributed by atoms with Gasteiger partial charge in [0.2, 0.25) is 0 Å². The Morgan fingerprint density at radius 2 is 0.833 bits per heavy atom. The average Bonchev–Trinajstić information content (AvgIpc) is 2.55. The molecule has 6 unspecified atom stereocenters. The molecule has 0 heterocycles. The minimum absolute atomic E-state index is 0.362. The highest BCUT2D eigenvalue weighted by molar-refractivity contribution is 7.82. The van der Waals surface area contributed by atoms with E-state index in [0.717, 1.165) is 61.5 Å². The SMILES string of the molecule is SCCC(S)C(CS)CC(S)CCC(S)CC(CS)C(S)CCS. The molecule has 0 aliphatic heterocycles. The largest absolute Gasteiger partial charge is 0.179 e.